The number of hydrogen-bond acceptors (Lipinski definition) is 4. The van der Waals surface area contributed by atoms with Gasteiger partial charge in [0, 0.05) is 0 Å². The molecule has 0 bridgehead atoms. The van der Waals surface area contributed by atoms with Gasteiger partial charge in [-0.3, -0.25) is 10.2 Å². The minimum absolute atomic E-state index is 0.156. The highest BCUT2D eigenvalue weighted by Gasteiger charge is 2.22. The molecule has 2 aromatic carbocycles. The van der Waals surface area contributed by atoms with Gasteiger partial charge >= 0.3 is 0 Å². The van der Waals surface area contributed by atoms with Crippen molar-refractivity contribution in [2.75, 3.05) is 0 Å². The van der Waals surface area contributed by atoms with Crippen molar-refractivity contribution in [3.8, 4) is 11.5 Å². The van der Waals surface area contributed by atoms with Gasteiger partial charge in [-0.15, -0.1) is 0 Å². The van der Waals surface area contributed by atoms with E-state index in [1.165, 1.54) is 0 Å². The van der Waals surface area contributed by atoms with Crippen LogP contribution in [0.1, 0.15) is 5.56 Å². The quantitative estimate of drug-likeness (QED) is 0.850. The first-order chi connectivity index (χ1) is 10.2. The molecule has 1 fully saturated rings. The molecule has 5 heteroatoms. The number of amidine groups is 1. The summed E-state index contributed by atoms with van der Waals surface area (Å²) in [7, 11) is 0. The van der Waals surface area contributed by atoms with Crippen molar-refractivity contribution in [2.45, 2.75) is 0 Å². The number of carbonyl (C=O) groups is 1. The van der Waals surface area contributed by atoms with Crippen LogP contribution in [0, 0.1) is 5.41 Å². The fourth-order valence-electron chi connectivity index (χ4n) is 1.89. The van der Waals surface area contributed by atoms with Crippen LogP contribution in [-0.2, 0) is 4.79 Å². The Balaban J connectivity index is 1.82. The Kier molecular flexibility index (Phi) is 3.75. The summed E-state index contributed by atoms with van der Waals surface area (Å²) in [4.78, 5) is 12.1. The van der Waals surface area contributed by atoms with Gasteiger partial charge in [0.25, 0.3) is 5.91 Å². The molecule has 1 aliphatic rings. The Morgan fingerprint density at radius 2 is 1.81 bits per heavy atom. The van der Waals surface area contributed by atoms with Gasteiger partial charge in [-0.05, 0) is 47.7 Å². The van der Waals surface area contributed by atoms with Gasteiger partial charge in [0.15, 0.2) is 5.17 Å². The van der Waals surface area contributed by atoms with E-state index in [9.17, 15) is 4.79 Å². The van der Waals surface area contributed by atoms with Crippen LogP contribution in [0.2, 0.25) is 0 Å². The van der Waals surface area contributed by atoms with Gasteiger partial charge in [-0.25, -0.2) is 0 Å². The number of carbonyl (C=O) groups excluding carboxylic acids is 1. The molecule has 3 rings (SSSR count). The minimum atomic E-state index is -0.237. The van der Waals surface area contributed by atoms with E-state index in [0.29, 0.717) is 10.7 Å². The average molecular weight is 296 g/mol. The third-order valence-corrected chi connectivity index (χ3v) is 3.63. The van der Waals surface area contributed by atoms with Gasteiger partial charge in [0.2, 0.25) is 0 Å². The van der Waals surface area contributed by atoms with E-state index in [0.717, 1.165) is 23.1 Å². The molecule has 1 heterocycles. The zero-order chi connectivity index (χ0) is 14.7. The molecule has 1 saturated heterocycles. The van der Waals surface area contributed by atoms with E-state index in [-0.39, 0.29) is 11.1 Å². The number of benzene rings is 2. The number of amides is 1. The molecule has 104 valence electrons. The molecule has 21 heavy (non-hydrogen) atoms. The second-order valence-electron chi connectivity index (χ2n) is 4.38. The molecule has 0 saturated carbocycles. The second kappa shape index (κ2) is 5.85. The Labute approximate surface area is 126 Å². The summed E-state index contributed by atoms with van der Waals surface area (Å²) in [5.74, 6) is 1.23. The lowest BCUT2D eigenvalue weighted by Gasteiger charge is -2.06. The van der Waals surface area contributed by atoms with Crippen LogP contribution < -0.4 is 10.1 Å². The molecule has 1 amide bonds. The third-order valence-electron chi connectivity index (χ3n) is 2.80. The first-order valence-electron chi connectivity index (χ1n) is 6.33. The van der Waals surface area contributed by atoms with Crippen LogP contribution in [0.25, 0.3) is 6.08 Å². The van der Waals surface area contributed by atoms with Crippen molar-refractivity contribution in [2.24, 2.45) is 0 Å². The molecule has 0 radical (unpaired) electrons. The number of nitrogens with one attached hydrogen (secondary N) is 2. The molecule has 4 nitrogen and oxygen atoms in total. The summed E-state index contributed by atoms with van der Waals surface area (Å²) in [5.41, 5.74) is 0.857. The van der Waals surface area contributed by atoms with E-state index >= 15 is 0 Å². The summed E-state index contributed by atoms with van der Waals surface area (Å²) in [6.45, 7) is 0. The summed E-state index contributed by atoms with van der Waals surface area (Å²) < 4.78 is 5.75. The van der Waals surface area contributed by atoms with Crippen LogP contribution >= 0.6 is 11.8 Å². The maximum atomic E-state index is 11.6. The number of para-hydroxylation sites is 1. The van der Waals surface area contributed by atoms with Crippen molar-refractivity contribution in [1.82, 2.24) is 5.32 Å². The fraction of sp³-hybridized carbons (Fsp3) is 0. The van der Waals surface area contributed by atoms with Crippen LogP contribution in [-0.4, -0.2) is 11.1 Å². The van der Waals surface area contributed by atoms with Gasteiger partial charge in [0.1, 0.15) is 11.5 Å². The molecular formula is C16H12N2O2S. The SMILES string of the molecule is N=C1NC(=O)C(=Cc2cccc(Oc3ccccc3)c2)S1. The van der Waals surface area contributed by atoms with Crippen molar-refractivity contribution in [3.05, 3.63) is 65.1 Å². The lowest BCUT2D eigenvalue weighted by molar-refractivity contribution is -0.115. The summed E-state index contributed by atoms with van der Waals surface area (Å²) >= 11 is 1.12. The third kappa shape index (κ3) is 3.32. The Morgan fingerprint density at radius 1 is 1.05 bits per heavy atom. The molecule has 0 atom stereocenters. The monoisotopic (exact) mass is 296 g/mol. The first kappa shape index (κ1) is 13.5. The lowest BCUT2D eigenvalue weighted by Crippen LogP contribution is -2.18. The van der Waals surface area contributed by atoms with Gasteiger partial charge < -0.3 is 10.1 Å². The fourth-order valence-corrected chi connectivity index (χ4v) is 2.59. The Bertz CT molecular complexity index is 726. The predicted octanol–water partition coefficient (Wildman–Crippen LogP) is 3.62. The second-order valence-corrected chi connectivity index (χ2v) is 5.43. The number of ether oxygens (including phenoxy) is 1. The topological polar surface area (TPSA) is 62.2 Å². The average Bonchev–Trinajstić information content (AvgIpc) is 2.78. The zero-order valence-electron chi connectivity index (χ0n) is 11.0. The smallest absolute Gasteiger partial charge is 0.264 e. The lowest BCUT2D eigenvalue weighted by atomic mass is 10.2. The van der Waals surface area contributed by atoms with Crippen molar-refractivity contribution in [1.29, 1.82) is 5.41 Å². The predicted molar refractivity (Wildman–Crippen MR) is 84.4 cm³/mol. The Hall–Kier alpha value is -2.53. The maximum absolute atomic E-state index is 11.6. The van der Waals surface area contributed by atoms with Gasteiger partial charge in [-0.1, -0.05) is 30.3 Å². The number of hydrogen-bond donors (Lipinski definition) is 2. The molecule has 2 aromatic rings. The zero-order valence-corrected chi connectivity index (χ0v) is 11.8. The molecule has 0 unspecified atom stereocenters. The van der Waals surface area contributed by atoms with Gasteiger partial charge in [0.05, 0.1) is 4.91 Å². The normalized spacial score (nSPS) is 16.1. The van der Waals surface area contributed by atoms with E-state index in [1.54, 1.807) is 6.08 Å². The maximum Gasteiger partial charge on any atom is 0.264 e. The van der Waals surface area contributed by atoms with Crippen LogP contribution in [0.15, 0.2) is 59.5 Å². The Morgan fingerprint density at radius 3 is 2.52 bits per heavy atom. The van der Waals surface area contributed by atoms with Crippen molar-refractivity contribution < 1.29 is 9.53 Å². The molecule has 0 aliphatic carbocycles. The largest absolute Gasteiger partial charge is 0.457 e. The van der Waals surface area contributed by atoms with E-state index in [2.05, 4.69) is 5.32 Å². The molecule has 2 N–H and O–H groups in total. The standard InChI is InChI=1S/C16H12N2O2S/c17-16-18-15(19)14(21-16)10-11-5-4-8-13(9-11)20-12-6-2-1-3-7-12/h1-10H,(H2,17,18,19). The molecule has 0 aromatic heterocycles. The van der Waals surface area contributed by atoms with Crippen LogP contribution in [0.5, 0.6) is 11.5 Å². The molecule has 0 spiro atoms. The van der Waals surface area contributed by atoms with Crippen LogP contribution in [0.4, 0.5) is 0 Å². The van der Waals surface area contributed by atoms with Crippen LogP contribution in [0.3, 0.4) is 0 Å². The van der Waals surface area contributed by atoms with Crippen molar-refractivity contribution >= 4 is 28.9 Å². The van der Waals surface area contributed by atoms with E-state index < -0.39 is 0 Å². The molecule has 1 aliphatic heterocycles. The number of thioether (sulfide) groups is 1. The number of rotatable bonds is 3. The summed E-state index contributed by atoms with van der Waals surface area (Å²) in [5, 5.41) is 10.0. The van der Waals surface area contributed by atoms with E-state index in [4.69, 9.17) is 10.1 Å². The highest BCUT2D eigenvalue weighted by atomic mass is 32.2. The summed E-state index contributed by atoms with van der Waals surface area (Å²) in [6.07, 6.45) is 1.75. The van der Waals surface area contributed by atoms with E-state index in [1.807, 2.05) is 54.6 Å². The highest BCUT2D eigenvalue weighted by molar-refractivity contribution is 8.18. The highest BCUT2D eigenvalue weighted by Crippen LogP contribution is 2.27. The summed E-state index contributed by atoms with van der Waals surface area (Å²) in [6, 6.07) is 17.0. The van der Waals surface area contributed by atoms with Gasteiger partial charge in [-0.2, -0.15) is 0 Å². The first-order valence-corrected chi connectivity index (χ1v) is 7.15. The minimum Gasteiger partial charge on any atom is -0.457 e. The molecular weight excluding hydrogens is 284 g/mol. The van der Waals surface area contributed by atoms with Crippen molar-refractivity contribution in [3.63, 3.8) is 0 Å².